The highest BCUT2D eigenvalue weighted by Crippen LogP contribution is 2.12. The molecule has 19 heavy (non-hydrogen) atoms. The zero-order valence-electron chi connectivity index (χ0n) is 9.77. The van der Waals surface area contributed by atoms with E-state index < -0.39 is 30.9 Å². The summed E-state index contributed by atoms with van der Waals surface area (Å²) in [6.07, 6.45) is -4.66. The van der Waals surface area contributed by atoms with Crippen molar-refractivity contribution in [2.75, 3.05) is 6.61 Å². The predicted molar refractivity (Wildman–Crippen MR) is 65.8 cm³/mol. The molecule has 0 amide bonds. The van der Waals surface area contributed by atoms with Crippen molar-refractivity contribution in [3.05, 3.63) is 34.9 Å². The third kappa shape index (κ3) is 4.29. The van der Waals surface area contributed by atoms with E-state index in [1.165, 1.54) is 24.3 Å². The monoisotopic (exact) mass is 288 g/mol. The first-order valence-electron chi connectivity index (χ1n) is 5.38. The minimum atomic E-state index is -1.70. The van der Waals surface area contributed by atoms with E-state index >= 15 is 0 Å². The van der Waals surface area contributed by atoms with Crippen LogP contribution < -0.4 is 0 Å². The average Bonchev–Trinajstić information content (AvgIpc) is 2.43. The fourth-order valence-corrected chi connectivity index (χ4v) is 1.41. The molecule has 3 atom stereocenters. The van der Waals surface area contributed by atoms with Gasteiger partial charge in [0.25, 0.3) is 0 Å². The van der Waals surface area contributed by atoms with Crippen LogP contribution in [-0.2, 0) is 9.53 Å². The summed E-state index contributed by atoms with van der Waals surface area (Å²) >= 11 is 5.65. The molecular weight excluding hydrogens is 276 g/mol. The van der Waals surface area contributed by atoms with Gasteiger partial charge in [0.05, 0.1) is 12.2 Å². The van der Waals surface area contributed by atoms with Crippen LogP contribution in [0, 0.1) is 0 Å². The molecule has 3 N–H and O–H groups in total. The smallest absolute Gasteiger partial charge is 0.338 e. The summed E-state index contributed by atoms with van der Waals surface area (Å²) in [6.45, 7) is -0.760. The minimum absolute atomic E-state index is 0.141. The Labute approximate surface area is 114 Å². The van der Waals surface area contributed by atoms with Crippen molar-refractivity contribution in [1.29, 1.82) is 0 Å². The Morgan fingerprint density at radius 3 is 2.37 bits per heavy atom. The molecule has 0 saturated carbocycles. The third-order valence-electron chi connectivity index (χ3n) is 2.38. The van der Waals surface area contributed by atoms with Crippen molar-refractivity contribution in [3.63, 3.8) is 0 Å². The predicted octanol–water partition coefficient (Wildman–Crippen LogP) is -0.222. The first-order valence-corrected chi connectivity index (χ1v) is 5.76. The van der Waals surface area contributed by atoms with Crippen molar-refractivity contribution in [2.45, 2.75) is 18.3 Å². The SMILES string of the molecule is O=C[C@H](OC(=O)c1ccc(Cl)cc1)[C@H](O)[C@H](O)CO. The Balaban J connectivity index is 2.73. The van der Waals surface area contributed by atoms with Crippen LogP contribution in [0.2, 0.25) is 5.02 Å². The highest BCUT2D eigenvalue weighted by atomic mass is 35.5. The van der Waals surface area contributed by atoms with Gasteiger partial charge in [0, 0.05) is 5.02 Å². The van der Waals surface area contributed by atoms with Gasteiger partial charge >= 0.3 is 5.97 Å². The molecule has 0 saturated heterocycles. The number of esters is 1. The molecule has 104 valence electrons. The molecule has 0 radical (unpaired) electrons. The van der Waals surface area contributed by atoms with Crippen molar-refractivity contribution in [3.8, 4) is 0 Å². The number of aliphatic hydroxyl groups excluding tert-OH is 3. The fourth-order valence-electron chi connectivity index (χ4n) is 1.28. The number of carbonyl (C=O) groups is 2. The number of rotatable bonds is 6. The Bertz CT molecular complexity index is 432. The number of hydrogen-bond acceptors (Lipinski definition) is 6. The van der Waals surface area contributed by atoms with Crippen molar-refractivity contribution in [1.82, 2.24) is 0 Å². The number of carbonyl (C=O) groups excluding carboxylic acids is 2. The number of halogens is 1. The van der Waals surface area contributed by atoms with Crippen LogP contribution in [-0.4, -0.2) is 52.5 Å². The Morgan fingerprint density at radius 2 is 1.89 bits per heavy atom. The molecule has 1 rings (SSSR count). The zero-order valence-corrected chi connectivity index (χ0v) is 10.5. The van der Waals surface area contributed by atoms with Crippen LogP contribution in [0.4, 0.5) is 0 Å². The van der Waals surface area contributed by atoms with E-state index in [1.54, 1.807) is 0 Å². The molecule has 0 aliphatic rings. The number of aldehydes is 1. The summed E-state index contributed by atoms with van der Waals surface area (Å²) in [5.74, 6) is -0.849. The lowest BCUT2D eigenvalue weighted by Gasteiger charge is -2.21. The molecule has 0 aliphatic carbocycles. The normalized spacial score (nSPS) is 15.4. The van der Waals surface area contributed by atoms with Gasteiger partial charge in [0.2, 0.25) is 0 Å². The molecule has 0 aromatic heterocycles. The maximum absolute atomic E-state index is 11.7. The quantitative estimate of drug-likeness (QED) is 0.494. The average molecular weight is 289 g/mol. The fraction of sp³-hybridized carbons (Fsp3) is 0.333. The van der Waals surface area contributed by atoms with Gasteiger partial charge < -0.3 is 20.1 Å². The van der Waals surface area contributed by atoms with Gasteiger partial charge in [-0.15, -0.1) is 0 Å². The zero-order chi connectivity index (χ0) is 14.4. The van der Waals surface area contributed by atoms with Crippen LogP contribution >= 0.6 is 11.6 Å². The summed E-state index contributed by atoms with van der Waals surface area (Å²) in [6, 6.07) is 5.71. The molecule has 0 fully saturated rings. The molecule has 0 spiro atoms. The van der Waals surface area contributed by atoms with Crippen molar-refractivity contribution >= 4 is 23.9 Å². The lowest BCUT2D eigenvalue weighted by molar-refractivity contribution is -0.129. The van der Waals surface area contributed by atoms with E-state index in [0.717, 1.165) is 0 Å². The lowest BCUT2D eigenvalue weighted by Crippen LogP contribution is -2.42. The van der Waals surface area contributed by atoms with E-state index in [9.17, 15) is 19.8 Å². The largest absolute Gasteiger partial charge is 0.448 e. The molecule has 0 bridgehead atoms. The van der Waals surface area contributed by atoms with E-state index in [4.69, 9.17) is 21.4 Å². The first-order chi connectivity index (χ1) is 8.99. The summed E-state index contributed by atoms with van der Waals surface area (Å²) in [5, 5.41) is 27.7. The highest BCUT2D eigenvalue weighted by molar-refractivity contribution is 6.30. The summed E-state index contributed by atoms with van der Waals surface area (Å²) in [7, 11) is 0. The molecular formula is C12H13ClO6. The summed E-state index contributed by atoms with van der Waals surface area (Å²) in [4.78, 5) is 22.4. The number of aliphatic hydroxyl groups is 3. The van der Waals surface area contributed by atoms with Crippen LogP contribution in [0.3, 0.4) is 0 Å². The van der Waals surface area contributed by atoms with E-state index in [1.807, 2.05) is 0 Å². The molecule has 1 aromatic carbocycles. The number of benzene rings is 1. The van der Waals surface area contributed by atoms with Crippen LogP contribution in [0.1, 0.15) is 10.4 Å². The van der Waals surface area contributed by atoms with Gasteiger partial charge in [-0.25, -0.2) is 4.79 Å². The minimum Gasteiger partial charge on any atom is -0.448 e. The lowest BCUT2D eigenvalue weighted by atomic mass is 10.1. The van der Waals surface area contributed by atoms with E-state index in [2.05, 4.69) is 0 Å². The number of ether oxygens (including phenoxy) is 1. The number of hydrogen-bond donors (Lipinski definition) is 3. The third-order valence-corrected chi connectivity index (χ3v) is 2.63. The first kappa shape index (κ1) is 15.6. The molecule has 0 aliphatic heterocycles. The van der Waals surface area contributed by atoms with Gasteiger partial charge in [-0.05, 0) is 24.3 Å². The molecule has 0 heterocycles. The van der Waals surface area contributed by atoms with Gasteiger partial charge in [0.1, 0.15) is 12.2 Å². The summed E-state index contributed by atoms with van der Waals surface area (Å²) < 4.78 is 4.74. The van der Waals surface area contributed by atoms with Gasteiger partial charge in [-0.1, -0.05) is 11.6 Å². The second-order valence-corrected chi connectivity index (χ2v) is 4.19. The summed E-state index contributed by atoms with van der Waals surface area (Å²) in [5.41, 5.74) is 0.141. The standard InChI is InChI=1S/C12H13ClO6/c13-8-3-1-7(2-4-8)12(18)19-10(6-15)11(17)9(16)5-14/h1-4,6,9-11,14,16-17H,5H2/t9-,10+,11-/m1/s1. The molecule has 1 aromatic rings. The van der Waals surface area contributed by atoms with Crippen LogP contribution in [0.25, 0.3) is 0 Å². The maximum atomic E-state index is 11.7. The van der Waals surface area contributed by atoms with Gasteiger partial charge in [0.15, 0.2) is 12.4 Å². The second-order valence-electron chi connectivity index (χ2n) is 3.75. The van der Waals surface area contributed by atoms with Gasteiger partial charge in [-0.3, -0.25) is 4.79 Å². The molecule has 7 heteroatoms. The Hall–Kier alpha value is -1.47. The Kier molecular flexibility index (Phi) is 5.91. The van der Waals surface area contributed by atoms with E-state index in [0.29, 0.717) is 5.02 Å². The Morgan fingerprint density at radius 1 is 1.32 bits per heavy atom. The van der Waals surface area contributed by atoms with Crippen LogP contribution in [0.5, 0.6) is 0 Å². The molecule has 6 nitrogen and oxygen atoms in total. The van der Waals surface area contributed by atoms with Crippen molar-refractivity contribution < 1.29 is 29.6 Å². The second kappa shape index (κ2) is 7.20. The van der Waals surface area contributed by atoms with Gasteiger partial charge in [-0.2, -0.15) is 0 Å². The maximum Gasteiger partial charge on any atom is 0.338 e. The van der Waals surface area contributed by atoms with Crippen LogP contribution in [0.15, 0.2) is 24.3 Å². The van der Waals surface area contributed by atoms with Crippen molar-refractivity contribution in [2.24, 2.45) is 0 Å². The highest BCUT2D eigenvalue weighted by Gasteiger charge is 2.29. The topological polar surface area (TPSA) is 104 Å². The van der Waals surface area contributed by atoms with E-state index in [-0.39, 0.29) is 11.8 Å². The molecule has 0 unspecified atom stereocenters.